The van der Waals surface area contributed by atoms with Crippen LogP contribution in [0.4, 0.5) is 5.69 Å². The van der Waals surface area contributed by atoms with E-state index < -0.39 is 21.2 Å². The van der Waals surface area contributed by atoms with Gasteiger partial charge in [0, 0.05) is 28.5 Å². The van der Waals surface area contributed by atoms with Gasteiger partial charge in [0.05, 0.1) is 51.7 Å². The zero-order valence-corrected chi connectivity index (χ0v) is 26.1. The van der Waals surface area contributed by atoms with Gasteiger partial charge in [-0.3, -0.25) is 14.8 Å². The molecule has 5 aromatic rings. The van der Waals surface area contributed by atoms with Crippen molar-refractivity contribution in [3.63, 3.8) is 0 Å². The van der Waals surface area contributed by atoms with Gasteiger partial charge in [0.25, 0.3) is 5.91 Å². The van der Waals surface area contributed by atoms with Crippen molar-refractivity contribution in [2.24, 2.45) is 5.73 Å². The highest BCUT2D eigenvalue weighted by atomic mass is 79.9. The number of halogens is 1. The number of fused-ring (bicyclic) bond motifs is 1. The van der Waals surface area contributed by atoms with Crippen LogP contribution in [-0.2, 0) is 16.6 Å². The molecule has 0 saturated heterocycles. The predicted octanol–water partition coefficient (Wildman–Crippen LogP) is 4.32. The summed E-state index contributed by atoms with van der Waals surface area (Å²) in [5.41, 5.74) is 11.2. The fourth-order valence-electron chi connectivity index (χ4n) is 4.58. The number of aromatic nitrogens is 5. The number of carbonyl (C=O) groups is 1. The molecule has 0 spiro atoms. The third-order valence-electron chi connectivity index (χ3n) is 6.91. The van der Waals surface area contributed by atoms with Crippen LogP contribution >= 0.6 is 15.9 Å². The summed E-state index contributed by atoms with van der Waals surface area (Å²) in [4.78, 5) is 35.0. The number of imidazole rings is 1. The summed E-state index contributed by atoms with van der Waals surface area (Å²) >= 11 is 3.36. The van der Waals surface area contributed by atoms with Crippen LogP contribution in [0.3, 0.4) is 0 Å². The third kappa shape index (κ3) is 6.56. The molecular formula is C30H29BrN8O4S. The standard InChI is InChI=1S/C30H29BrN8O4S/c1-17-3-2-4-24(35-17)28-29(25-10-9-23-26(36-25)14-19(15-34-23)43-12-11-32)38-27(37-28)16-33-18-5-8-22(31)21(13-18)30(40)39-44(41,42)20-6-7-20/h2-5,8-10,13-15,20,33H,6-7,11-12,16,32H2,1H3,(H,37,38)(H,39,40). The Bertz CT molecular complexity index is 1980. The largest absolute Gasteiger partial charge is 0.491 e. The minimum Gasteiger partial charge on any atom is -0.491 e. The number of hydrogen-bond donors (Lipinski definition) is 4. The first kappa shape index (κ1) is 29.7. The van der Waals surface area contributed by atoms with Gasteiger partial charge in [-0.2, -0.15) is 0 Å². The zero-order chi connectivity index (χ0) is 30.8. The molecule has 6 rings (SSSR count). The molecule has 4 aromatic heterocycles. The highest BCUT2D eigenvalue weighted by molar-refractivity contribution is 9.10. The lowest BCUT2D eigenvalue weighted by molar-refractivity contribution is 0.0980. The highest BCUT2D eigenvalue weighted by Crippen LogP contribution is 2.31. The normalized spacial score (nSPS) is 13.2. The Morgan fingerprint density at radius 2 is 1.91 bits per heavy atom. The Labute approximate surface area is 262 Å². The first-order valence-corrected chi connectivity index (χ1v) is 16.3. The molecule has 4 heterocycles. The van der Waals surface area contributed by atoms with Crippen LogP contribution in [0.5, 0.6) is 5.75 Å². The second kappa shape index (κ2) is 12.3. The molecule has 1 amide bonds. The summed E-state index contributed by atoms with van der Waals surface area (Å²) in [6, 6.07) is 16.4. The average molecular weight is 678 g/mol. The summed E-state index contributed by atoms with van der Waals surface area (Å²) < 4.78 is 32.9. The predicted molar refractivity (Wildman–Crippen MR) is 171 cm³/mol. The van der Waals surface area contributed by atoms with Crippen molar-refractivity contribution in [2.75, 3.05) is 18.5 Å². The molecule has 1 aliphatic carbocycles. The quantitative estimate of drug-likeness (QED) is 0.157. The van der Waals surface area contributed by atoms with E-state index in [2.05, 4.69) is 40.9 Å². The van der Waals surface area contributed by atoms with E-state index >= 15 is 0 Å². The summed E-state index contributed by atoms with van der Waals surface area (Å²) in [5, 5.41) is 2.77. The Hall–Kier alpha value is -4.40. The van der Waals surface area contributed by atoms with E-state index in [9.17, 15) is 13.2 Å². The Kier molecular flexibility index (Phi) is 8.29. The van der Waals surface area contributed by atoms with Gasteiger partial charge in [0.2, 0.25) is 10.0 Å². The van der Waals surface area contributed by atoms with E-state index in [1.807, 2.05) is 43.3 Å². The van der Waals surface area contributed by atoms with Crippen LogP contribution in [0.15, 0.2) is 65.3 Å². The number of sulfonamides is 1. The molecule has 14 heteroatoms. The molecule has 1 aromatic carbocycles. The molecule has 0 aliphatic heterocycles. The maximum absolute atomic E-state index is 12.8. The van der Waals surface area contributed by atoms with Gasteiger partial charge in [-0.15, -0.1) is 0 Å². The molecule has 5 N–H and O–H groups in total. The number of hydrogen-bond acceptors (Lipinski definition) is 10. The van der Waals surface area contributed by atoms with Crippen LogP contribution in [0.25, 0.3) is 33.8 Å². The number of pyridine rings is 3. The van der Waals surface area contributed by atoms with Gasteiger partial charge in [-0.1, -0.05) is 6.07 Å². The number of anilines is 1. The van der Waals surface area contributed by atoms with E-state index in [0.717, 1.165) is 5.69 Å². The number of ether oxygens (including phenoxy) is 1. The average Bonchev–Trinajstić information content (AvgIpc) is 3.79. The molecular weight excluding hydrogens is 648 g/mol. The molecule has 44 heavy (non-hydrogen) atoms. The number of rotatable bonds is 11. The molecule has 226 valence electrons. The van der Waals surface area contributed by atoms with Gasteiger partial charge in [0.1, 0.15) is 23.9 Å². The number of nitrogens with one attached hydrogen (secondary N) is 3. The minimum atomic E-state index is -3.68. The summed E-state index contributed by atoms with van der Waals surface area (Å²) in [7, 11) is -3.68. The SMILES string of the molecule is Cc1cccc(-c2nc(CNc3ccc(Br)c(C(=O)NS(=O)(=O)C4CC4)c3)[nH]c2-c2ccc3ncc(OCCN)cc3n2)n1. The summed E-state index contributed by atoms with van der Waals surface area (Å²) in [6.45, 7) is 2.95. The van der Waals surface area contributed by atoms with E-state index in [1.165, 1.54) is 0 Å². The van der Waals surface area contributed by atoms with E-state index in [-0.39, 0.29) is 12.1 Å². The second-order valence-electron chi connectivity index (χ2n) is 10.3. The number of benzene rings is 1. The second-order valence-corrected chi connectivity index (χ2v) is 13.2. The minimum absolute atomic E-state index is 0.202. The molecule has 0 atom stereocenters. The van der Waals surface area contributed by atoms with Crippen LogP contribution < -0.4 is 20.5 Å². The number of nitrogens with two attached hydrogens (primary N) is 1. The Morgan fingerprint density at radius 1 is 1.07 bits per heavy atom. The molecule has 1 aliphatic rings. The lowest BCUT2D eigenvalue weighted by Crippen LogP contribution is -2.33. The first-order valence-electron chi connectivity index (χ1n) is 13.9. The van der Waals surface area contributed by atoms with Crippen molar-refractivity contribution in [3.8, 4) is 28.5 Å². The number of carbonyl (C=O) groups excluding carboxylic acids is 1. The van der Waals surface area contributed by atoms with Crippen LogP contribution in [0.2, 0.25) is 0 Å². The Balaban J connectivity index is 1.29. The number of aryl methyl sites for hydroxylation is 1. The van der Waals surface area contributed by atoms with Crippen molar-refractivity contribution in [1.82, 2.24) is 29.6 Å². The zero-order valence-electron chi connectivity index (χ0n) is 23.7. The maximum atomic E-state index is 12.8. The molecule has 1 fully saturated rings. The lowest BCUT2D eigenvalue weighted by atomic mass is 10.1. The van der Waals surface area contributed by atoms with Gasteiger partial charge >= 0.3 is 0 Å². The summed E-state index contributed by atoms with van der Waals surface area (Å²) in [6.07, 6.45) is 2.77. The summed E-state index contributed by atoms with van der Waals surface area (Å²) in [5.74, 6) is 0.493. The molecule has 12 nitrogen and oxygen atoms in total. The van der Waals surface area contributed by atoms with Crippen LogP contribution in [0, 0.1) is 6.92 Å². The molecule has 1 saturated carbocycles. The number of nitrogens with zero attached hydrogens (tertiary/aromatic N) is 4. The van der Waals surface area contributed by atoms with Gasteiger partial charge in [-0.25, -0.2) is 23.1 Å². The van der Waals surface area contributed by atoms with Gasteiger partial charge in [0.15, 0.2) is 0 Å². The maximum Gasteiger partial charge on any atom is 0.265 e. The smallest absolute Gasteiger partial charge is 0.265 e. The number of amides is 1. The van der Waals surface area contributed by atoms with E-state index in [1.54, 1.807) is 24.4 Å². The van der Waals surface area contributed by atoms with Crippen molar-refractivity contribution in [1.29, 1.82) is 0 Å². The fourth-order valence-corrected chi connectivity index (χ4v) is 6.29. The van der Waals surface area contributed by atoms with Gasteiger partial charge in [-0.05, 0) is 78.2 Å². The third-order valence-corrected chi connectivity index (χ3v) is 9.42. The molecule has 0 unspecified atom stereocenters. The van der Waals surface area contributed by atoms with Crippen molar-refractivity contribution >= 4 is 48.6 Å². The van der Waals surface area contributed by atoms with E-state index in [4.69, 9.17) is 20.4 Å². The van der Waals surface area contributed by atoms with Gasteiger partial charge < -0.3 is 20.8 Å². The van der Waals surface area contributed by atoms with Crippen LogP contribution in [-0.4, -0.2) is 57.6 Å². The topological polar surface area (TPSA) is 178 Å². The molecule has 0 radical (unpaired) electrons. The highest BCUT2D eigenvalue weighted by Gasteiger charge is 2.37. The monoisotopic (exact) mass is 676 g/mol. The number of aromatic amines is 1. The van der Waals surface area contributed by atoms with Crippen molar-refractivity contribution in [2.45, 2.75) is 31.6 Å². The van der Waals surface area contributed by atoms with Crippen LogP contribution in [0.1, 0.15) is 34.7 Å². The van der Waals surface area contributed by atoms with Crippen molar-refractivity contribution in [3.05, 3.63) is 82.3 Å². The molecule has 0 bridgehead atoms. The Morgan fingerprint density at radius 3 is 2.68 bits per heavy atom. The van der Waals surface area contributed by atoms with Crippen molar-refractivity contribution < 1.29 is 17.9 Å². The fraction of sp³-hybridized carbons (Fsp3) is 0.233. The number of H-pyrrole nitrogens is 1. The first-order chi connectivity index (χ1) is 21.2. The van der Waals surface area contributed by atoms with E-state index in [0.29, 0.717) is 81.5 Å². The lowest BCUT2D eigenvalue weighted by Gasteiger charge is -2.10.